The summed E-state index contributed by atoms with van der Waals surface area (Å²) >= 11 is 5.43. The first-order valence-electron chi connectivity index (χ1n) is 6.66. The summed E-state index contributed by atoms with van der Waals surface area (Å²) in [6.45, 7) is 8.58. The molecule has 18 heavy (non-hydrogen) atoms. The molecular formula is C14H24N2OS. The fourth-order valence-electron chi connectivity index (χ4n) is 2.49. The molecule has 1 heterocycles. The van der Waals surface area contributed by atoms with Gasteiger partial charge in [-0.2, -0.15) is 0 Å². The second-order valence-electron chi connectivity index (χ2n) is 6.56. The zero-order valence-electron chi connectivity index (χ0n) is 11.9. The first-order chi connectivity index (χ1) is 8.38. The van der Waals surface area contributed by atoms with Crippen LogP contribution in [0.15, 0.2) is 6.20 Å². The Balaban J connectivity index is 2.19. The molecule has 1 fully saturated rings. The van der Waals surface area contributed by atoms with Crippen molar-refractivity contribution in [1.29, 1.82) is 0 Å². The number of H-pyrrole nitrogens is 1. The molecule has 0 bridgehead atoms. The summed E-state index contributed by atoms with van der Waals surface area (Å²) in [6, 6.07) is 0. The van der Waals surface area contributed by atoms with Gasteiger partial charge in [-0.15, -0.1) is 0 Å². The SMILES string of the molecule is COCCC1(Cn2c(C(C)(C)C)c[nH]c2=S)CC1. The average Bonchev–Trinajstić information content (AvgIpc) is 2.94. The zero-order chi connectivity index (χ0) is 13.4. The molecule has 0 aliphatic heterocycles. The smallest absolute Gasteiger partial charge is 0.177 e. The number of aromatic amines is 1. The number of nitrogens with zero attached hydrogens (tertiary/aromatic N) is 1. The van der Waals surface area contributed by atoms with Crippen LogP contribution in [0.4, 0.5) is 0 Å². The molecular weight excluding hydrogens is 244 g/mol. The Morgan fingerprint density at radius 3 is 2.61 bits per heavy atom. The van der Waals surface area contributed by atoms with Crippen molar-refractivity contribution < 1.29 is 4.74 Å². The van der Waals surface area contributed by atoms with Gasteiger partial charge in [0.2, 0.25) is 0 Å². The fraction of sp³-hybridized carbons (Fsp3) is 0.786. The fourth-order valence-corrected chi connectivity index (χ4v) is 2.71. The van der Waals surface area contributed by atoms with E-state index in [1.54, 1.807) is 7.11 Å². The van der Waals surface area contributed by atoms with Gasteiger partial charge in [0.15, 0.2) is 4.77 Å². The molecule has 1 saturated carbocycles. The molecule has 2 rings (SSSR count). The van der Waals surface area contributed by atoms with E-state index in [4.69, 9.17) is 17.0 Å². The van der Waals surface area contributed by atoms with Crippen molar-refractivity contribution in [2.75, 3.05) is 13.7 Å². The van der Waals surface area contributed by atoms with E-state index in [1.807, 2.05) is 0 Å². The lowest BCUT2D eigenvalue weighted by molar-refractivity contribution is 0.166. The number of hydrogen-bond acceptors (Lipinski definition) is 2. The van der Waals surface area contributed by atoms with Gasteiger partial charge in [-0.3, -0.25) is 0 Å². The topological polar surface area (TPSA) is 29.9 Å². The minimum atomic E-state index is 0.130. The highest BCUT2D eigenvalue weighted by atomic mass is 32.1. The van der Waals surface area contributed by atoms with Gasteiger partial charge in [-0.05, 0) is 36.9 Å². The maximum absolute atomic E-state index is 5.43. The molecule has 0 atom stereocenters. The largest absolute Gasteiger partial charge is 0.385 e. The number of ether oxygens (including phenoxy) is 1. The highest BCUT2D eigenvalue weighted by Crippen LogP contribution is 2.50. The van der Waals surface area contributed by atoms with E-state index in [9.17, 15) is 0 Å². The Hall–Kier alpha value is -0.610. The van der Waals surface area contributed by atoms with Gasteiger partial charge in [-0.25, -0.2) is 0 Å². The quantitative estimate of drug-likeness (QED) is 0.826. The van der Waals surface area contributed by atoms with Gasteiger partial charge in [0.25, 0.3) is 0 Å². The van der Waals surface area contributed by atoms with Gasteiger partial charge in [0.1, 0.15) is 0 Å². The molecule has 3 nitrogen and oxygen atoms in total. The Labute approximate surface area is 115 Å². The lowest BCUT2D eigenvalue weighted by Crippen LogP contribution is -2.22. The number of aromatic nitrogens is 2. The molecule has 1 aromatic rings. The minimum Gasteiger partial charge on any atom is -0.385 e. The molecule has 0 spiro atoms. The van der Waals surface area contributed by atoms with E-state index in [0.717, 1.165) is 24.3 Å². The summed E-state index contributed by atoms with van der Waals surface area (Å²) < 4.78 is 8.36. The molecule has 1 aromatic heterocycles. The molecule has 4 heteroatoms. The van der Waals surface area contributed by atoms with Crippen LogP contribution in [0.2, 0.25) is 0 Å². The summed E-state index contributed by atoms with van der Waals surface area (Å²) in [5.74, 6) is 0. The summed E-state index contributed by atoms with van der Waals surface area (Å²) in [5.41, 5.74) is 1.86. The van der Waals surface area contributed by atoms with Crippen molar-refractivity contribution >= 4 is 12.2 Å². The van der Waals surface area contributed by atoms with Crippen LogP contribution in [0.25, 0.3) is 0 Å². The van der Waals surface area contributed by atoms with Crippen molar-refractivity contribution in [2.24, 2.45) is 5.41 Å². The normalized spacial score (nSPS) is 18.0. The van der Waals surface area contributed by atoms with E-state index in [1.165, 1.54) is 18.5 Å². The molecule has 0 saturated heterocycles. The van der Waals surface area contributed by atoms with Gasteiger partial charge in [0.05, 0.1) is 0 Å². The molecule has 1 N–H and O–H groups in total. The number of methoxy groups -OCH3 is 1. The van der Waals surface area contributed by atoms with Gasteiger partial charge < -0.3 is 14.3 Å². The monoisotopic (exact) mass is 268 g/mol. The van der Waals surface area contributed by atoms with Crippen LogP contribution in [0, 0.1) is 10.2 Å². The van der Waals surface area contributed by atoms with Crippen LogP contribution in [0.1, 0.15) is 45.7 Å². The van der Waals surface area contributed by atoms with Gasteiger partial charge >= 0.3 is 0 Å². The first kappa shape index (κ1) is 13.8. The summed E-state index contributed by atoms with van der Waals surface area (Å²) in [7, 11) is 1.78. The van der Waals surface area contributed by atoms with Gasteiger partial charge in [-0.1, -0.05) is 20.8 Å². The van der Waals surface area contributed by atoms with Crippen LogP contribution in [0.3, 0.4) is 0 Å². The molecule has 0 radical (unpaired) electrons. The second kappa shape index (κ2) is 4.82. The third-order valence-corrected chi connectivity index (χ3v) is 4.26. The van der Waals surface area contributed by atoms with Crippen LogP contribution in [-0.2, 0) is 16.7 Å². The van der Waals surface area contributed by atoms with E-state index < -0.39 is 0 Å². The van der Waals surface area contributed by atoms with Crippen LogP contribution in [0.5, 0.6) is 0 Å². The van der Waals surface area contributed by atoms with Crippen LogP contribution < -0.4 is 0 Å². The lowest BCUT2D eigenvalue weighted by atomic mass is 9.92. The van der Waals surface area contributed by atoms with E-state index in [0.29, 0.717) is 5.41 Å². The standard InChI is InChI=1S/C14H24N2OS/c1-13(2,3)11-9-15-12(18)16(11)10-14(5-6-14)7-8-17-4/h9H,5-8,10H2,1-4H3,(H,15,18). The van der Waals surface area contributed by atoms with E-state index >= 15 is 0 Å². The molecule has 0 aromatic carbocycles. The van der Waals surface area contributed by atoms with Crippen molar-refractivity contribution in [1.82, 2.24) is 9.55 Å². The number of imidazole rings is 1. The third kappa shape index (κ3) is 2.86. The maximum Gasteiger partial charge on any atom is 0.177 e. The predicted molar refractivity (Wildman–Crippen MR) is 76.5 cm³/mol. The Kier molecular flexibility index (Phi) is 3.70. The zero-order valence-corrected chi connectivity index (χ0v) is 12.7. The molecule has 0 amide bonds. The average molecular weight is 268 g/mol. The molecule has 1 aliphatic rings. The molecule has 0 unspecified atom stereocenters. The van der Waals surface area contributed by atoms with Crippen molar-refractivity contribution in [3.63, 3.8) is 0 Å². The van der Waals surface area contributed by atoms with E-state index in [2.05, 4.69) is 36.5 Å². The molecule has 1 aliphatic carbocycles. The number of nitrogens with one attached hydrogen (secondary N) is 1. The summed E-state index contributed by atoms with van der Waals surface area (Å²) in [4.78, 5) is 3.20. The molecule has 102 valence electrons. The van der Waals surface area contributed by atoms with E-state index in [-0.39, 0.29) is 5.41 Å². The highest BCUT2D eigenvalue weighted by molar-refractivity contribution is 7.71. The van der Waals surface area contributed by atoms with Crippen LogP contribution >= 0.6 is 12.2 Å². The highest BCUT2D eigenvalue weighted by Gasteiger charge is 2.43. The maximum atomic E-state index is 5.43. The first-order valence-corrected chi connectivity index (χ1v) is 7.06. The Morgan fingerprint density at radius 1 is 1.44 bits per heavy atom. The second-order valence-corrected chi connectivity index (χ2v) is 6.94. The van der Waals surface area contributed by atoms with Crippen LogP contribution in [-0.4, -0.2) is 23.3 Å². The minimum absolute atomic E-state index is 0.130. The summed E-state index contributed by atoms with van der Waals surface area (Å²) in [5, 5.41) is 0. The number of hydrogen-bond donors (Lipinski definition) is 1. The summed E-state index contributed by atoms with van der Waals surface area (Å²) in [6.07, 6.45) is 5.80. The van der Waals surface area contributed by atoms with Crippen molar-refractivity contribution in [3.05, 3.63) is 16.7 Å². The predicted octanol–water partition coefficient (Wildman–Crippen LogP) is 3.66. The third-order valence-electron chi connectivity index (χ3n) is 3.92. The Morgan fingerprint density at radius 2 is 2.11 bits per heavy atom. The van der Waals surface area contributed by atoms with Gasteiger partial charge in [0, 0.05) is 37.6 Å². The van der Waals surface area contributed by atoms with Crippen molar-refractivity contribution in [2.45, 2.75) is 52.0 Å². The number of rotatable bonds is 5. The Bertz CT molecular complexity index is 463. The van der Waals surface area contributed by atoms with Crippen molar-refractivity contribution in [3.8, 4) is 0 Å². The lowest BCUT2D eigenvalue weighted by Gasteiger charge is -2.24.